The van der Waals surface area contributed by atoms with E-state index in [4.69, 9.17) is 14.5 Å². The SMILES string of the molecule is CCC(=Nc1ccc(N(C)CCCN(C)C)cc1)C1C(=O)Nc2cc(OC)c(OC)cc21. The van der Waals surface area contributed by atoms with Gasteiger partial charge in [-0.2, -0.15) is 0 Å². The van der Waals surface area contributed by atoms with Crippen molar-refractivity contribution in [1.82, 2.24) is 4.90 Å². The van der Waals surface area contributed by atoms with Crippen molar-refractivity contribution in [3.8, 4) is 11.5 Å². The second-order valence-corrected chi connectivity index (χ2v) is 8.27. The summed E-state index contributed by atoms with van der Waals surface area (Å²) in [7, 11) is 9.46. The number of methoxy groups -OCH3 is 2. The van der Waals surface area contributed by atoms with Crippen molar-refractivity contribution in [3.05, 3.63) is 42.0 Å². The van der Waals surface area contributed by atoms with E-state index in [1.54, 1.807) is 20.3 Å². The average molecular weight is 439 g/mol. The summed E-state index contributed by atoms with van der Waals surface area (Å²) in [5, 5.41) is 2.96. The quantitative estimate of drug-likeness (QED) is 0.560. The lowest BCUT2D eigenvalue weighted by atomic mass is 9.93. The molecule has 0 fully saturated rings. The molecule has 2 aromatic rings. The number of rotatable bonds is 10. The van der Waals surface area contributed by atoms with Crippen molar-refractivity contribution in [3.63, 3.8) is 0 Å². The van der Waals surface area contributed by atoms with Gasteiger partial charge in [-0.3, -0.25) is 9.79 Å². The third-order valence-corrected chi connectivity index (χ3v) is 5.74. The first-order valence-corrected chi connectivity index (χ1v) is 11.0. The van der Waals surface area contributed by atoms with Crippen LogP contribution in [0.15, 0.2) is 41.4 Å². The van der Waals surface area contributed by atoms with E-state index in [2.05, 4.69) is 48.4 Å². The van der Waals surface area contributed by atoms with Gasteiger partial charge in [0.15, 0.2) is 11.5 Å². The molecule has 1 N–H and O–H groups in total. The Kier molecular flexibility index (Phi) is 7.75. The monoisotopic (exact) mass is 438 g/mol. The van der Waals surface area contributed by atoms with Gasteiger partial charge in [-0.15, -0.1) is 0 Å². The first-order valence-electron chi connectivity index (χ1n) is 11.0. The van der Waals surface area contributed by atoms with Crippen LogP contribution in [0, 0.1) is 0 Å². The van der Waals surface area contributed by atoms with Crippen molar-refractivity contribution in [1.29, 1.82) is 0 Å². The largest absolute Gasteiger partial charge is 0.493 e. The molecule has 32 heavy (non-hydrogen) atoms. The van der Waals surface area contributed by atoms with Gasteiger partial charge in [0, 0.05) is 36.7 Å². The minimum atomic E-state index is -0.441. The molecule has 0 aromatic heterocycles. The first kappa shape index (κ1) is 23.6. The number of carbonyl (C=O) groups is 1. The summed E-state index contributed by atoms with van der Waals surface area (Å²) < 4.78 is 10.8. The molecule has 0 saturated heterocycles. The number of hydrogen-bond acceptors (Lipinski definition) is 6. The number of amides is 1. The fraction of sp³-hybridized carbons (Fsp3) is 0.440. The van der Waals surface area contributed by atoms with E-state index in [9.17, 15) is 4.79 Å². The second-order valence-electron chi connectivity index (χ2n) is 8.27. The Bertz CT molecular complexity index is 970. The molecule has 0 saturated carbocycles. The van der Waals surface area contributed by atoms with Gasteiger partial charge >= 0.3 is 0 Å². The number of hydrogen-bond donors (Lipinski definition) is 1. The van der Waals surface area contributed by atoms with Gasteiger partial charge in [-0.1, -0.05) is 6.92 Å². The molecule has 1 heterocycles. The van der Waals surface area contributed by atoms with E-state index in [0.29, 0.717) is 17.9 Å². The molecule has 0 spiro atoms. The zero-order chi connectivity index (χ0) is 23.3. The van der Waals surface area contributed by atoms with Gasteiger partial charge in [-0.25, -0.2) is 0 Å². The summed E-state index contributed by atoms with van der Waals surface area (Å²) in [6, 6.07) is 11.9. The molecule has 0 aliphatic carbocycles. The highest BCUT2D eigenvalue weighted by Crippen LogP contribution is 2.42. The highest BCUT2D eigenvalue weighted by atomic mass is 16.5. The lowest BCUT2D eigenvalue weighted by molar-refractivity contribution is -0.115. The molecule has 1 aliphatic rings. The lowest BCUT2D eigenvalue weighted by Crippen LogP contribution is -2.23. The summed E-state index contributed by atoms with van der Waals surface area (Å²) >= 11 is 0. The van der Waals surface area contributed by atoms with E-state index in [1.807, 2.05) is 25.1 Å². The number of ether oxygens (including phenoxy) is 2. The number of fused-ring (bicyclic) bond motifs is 1. The summed E-state index contributed by atoms with van der Waals surface area (Å²) in [5.74, 6) is 0.675. The van der Waals surface area contributed by atoms with E-state index < -0.39 is 5.92 Å². The van der Waals surface area contributed by atoms with Crippen LogP contribution >= 0.6 is 0 Å². The van der Waals surface area contributed by atoms with Crippen LogP contribution in [0.25, 0.3) is 0 Å². The standard InChI is InChI=1S/C25H34N4O3/c1-7-20(24-19-15-22(31-5)23(32-6)16-21(19)27-25(24)30)26-17-9-11-18(12-10-17)29(4)14-8-13-28(2)3/h9-12,15-16,24H,7-8,13-14H2,1-6H3,(H,27,30). The highest BCUT2D eigenvalue weighted by Gasteiger charge is 2.35. The Labute approximate surface area is 191 Å². The lowest BCUT2D eigenvalue weighted by Gasteiger charge is -2.20. The Hall–Kier alpha value is -3.06. The predicted octanol–water partition coefficient (Wildman–Crippen LogP) is 4.31. The van der Waals surface area contributed by atoms with E-state index in [-0.39, 0.29) is 5.91 Å². The van der Waals surface area contributed by atoms with Gasteiger partial charge in [-0.05, 0) is 69.4 Å². The molecule has 1 amide bonds. The van der Waals surface area contributed by atoms with Gasteiger partial charge < -0.3 is 24.6 Å². The predicted molar refractivity (Wildman–Crippen MR) is 131 cm³/mol. The normalized spacial score (nSPS) is 15.5. The number of carbonyl (C=O) groups excluding carboxylic acids is 1. The summed E-state index contributed by atoms with van der Waals surface area (Å²) in [5.41, 5.74) is 4.43. The maximum Gasteiger partial charge on any atom is 0.237 e. The van der Waals surface area contributed by atoms with Crippen LogP contribution in [0.4, 0.5) is 17.1 Å². The Morgan fingerprint density at radius 3 is 2.28 bits per heavy atom. The van der Waals surface area contributed by atoms with Crippen molar-refractivity contribution < 1.29 is 14.3 Å². The number of aliphatic imine (C=N–C) groups is 1. The van der Waals surface area contributed by atoms with E-state index in [1.165, 1.54) is 0 Å². The average Bonchev–Trinajstić information content (AvgIpc) is 3.10. The molecular weight excluding hydrogens is 404 g/mol. The molecule has 0 radical (unpaired) electrons. The van der Waals surface area contributed by atoms with Crippen LogP contribution in [0.5, 0.6) is 11.5 Å². The smallest absolute Gasteiger partial charge is 0.237 e. The molecule has 1 atom stereocenters. The third-order valence-electron chi connectivity index (χ3n) is 5.74. The molecule has 2 aromatic carbocycles. The van der Waals surface area contributed by atoms with Crippen molar-refractivity contribution >= 4 is 28.7 Å². The van der Waals surface area contributed by atoms with Crippen molar-refractivity contribution in [2.24, 2.45) is 4.99 Å². The molecule has 7 nitrogen and oxygen atoms in total. The fourth-order valence-electron chi connectivity index (χ4n) is 3.97. The maximum atomic E-state index is 12.8. The van der Waals surface area contributed by atoms with Crippen molar-refractivity contribution in [2.75, 3.05) is 58.7 Å². The number of anilines is 2. The molecular formula is C25H34N4O3. The zero-order valence-electron chi connectivity index (χ0n) is 19.9. The summed E-state index contributed by atoms with van der Waals surface area (Å²) in [4.78, 5) is 22.1. The molecule has 7 heteroatoms. The van der Waals surface area contributed by atoms with Crippen LogP contribution in [0.3, 0.4) is 0 Å². The van der Waals surface area contributed by atoms with Gasteiger partial charge in [0.25, 0.3) is 0 Å². The summed E-state index contributed by atoms with van der Waals surface area (Å²) in [6.45, 7) is 4.08. The minimum absolute atomic E-state index is 0.0758. The zero-order valence-corrected chi connectivity index (χ0v) is 19.9. The van der Waals surface area contributed by atoms with Crippen LogP contribution in [0.1, 0.15) is 31.2 Å². The second kappa shape index (κ2) is 10.5. The number of benzene rings is 2. The van der Waals surface area contributed by atoms with E-state index >= 15 is 0 Å². The molecule has 1 aliphatic heterocycles. The maximum absolute atomic E-state index is 12.8. The highest BCUT2D eigenvalue weighted by molar-refractivity contribution is 6.19. The van der Waals surface area contributed by atoms with Gasteiger partial charge in [0.05, 0.1) is 19.9 Å². The Morgan fingerprint density at radius 1 is 1.03 bits per heavy atom. The molecule has 1 unspecified atom stereocenters. The molecule has 172 valence electrons. The summed E-state index contributed by atoms with van der Waals surface area (Å²) in [6.07, 6.45) is 1.77. The first-order chi connectivity index (χ1) is 15.4. The molecule has 0 bridgehead atoms. The van der Waals surface area contributed by atoms with E-state index in [0.717, 1.165) is 47.8 Å². The van der Waals surface area contributed by atoms with Crippen molar-refractivity contribution in [2.45, 2.75) is 25.7 Å². The topological polar surface area (TPSA) is 66.4 Å². The number of nitrogens with one attached hydrogen (secondary N) is 1. The van der Waals surface area contributed by atoms with Gasteiger partial charge in [0.1, 0.15) is 5.92 Å². The third kappa shape index (κ3) is 5.22. The minimum Gasteiger partial charge on any atom is -0.493 e. The van der Waals surface area contributed by atoms with Crippen LogP contribution < -0.4 is 19.7 Å². The van der Waals surface area contributed by atoms with Gasteiger partial charge in [0.2, 0.25) is 5.91 Å². The van der Waals surface area contributed by atoms with Crippen LogP contribution in [-0.4, -0.2) is 65.0 Å². The van der Waals surface area contributed by atoms with Crippen LogP contribution in [0.2, 0.25) is 0 Å². The van der Waals surface area contributed by atoms with Crippen LogP contribution in [-0.2, 0) is 4.79 Å². The Balaban J connectivity index is 1.82. The Morgan fingerprint density at radius 2 is 1.69 bits per heavy atom. The fourth-order valence-corrected chi connectivity index (χ4v) is 3.97. The molecule has 3 rings (SSSR count). The number of nitrogens with zero attached hydrogens (tertiary/aromatic N) is 3.